The van der Waals surface area contributed by atoms with Crippen molar-refractivity contribution in [1.29, 1.82) is 0 Å². The second-order valence-electron chi connectivity index (χ2n) is 7.21. The van der Waals surface area contributed by atoms with Crippen molar-refractivity contribution in [3.8, 4) is 5.82 Å². The van der Waals surface area contributed by atoms with Gasteiger partial charge in [-0.05, 0) is 44.0 Å². The molecule has 140 valence electrons. The average Bonchev–Trinajstić information content (AvgIpc) is 2.90. The van der Waals surface area contributed by atoms with E-state index in [0.29, 0.717) is 6.54 Å². The van der Waals surface area contributed by atoms with Gasteiger partial charge in [-0.2, -0.15) is 0 Å². The maximum absolute atomic E-state index is 12.2. The van der Waals surface area contributed by atoms with Crippen molar-refractivity contribution in [1.82, 2.24) is 24.4 Å². The van der Waals surface area contributed by atoms with E-state index < -0.39 is 0 Å². The van der Waals surface area contributed by atoms with Gasteiger partial charge in [0.2, 0.25) is 5.95 Å². The fourth-order valence-electron chi connectivity index (χ4n) is 3.90. The summed E-state index contributed by atoms with van der Waals surface area (Å²) < 4.78 is 2.21. The van der Waals surface area contributed by atoms with E-state index in [9.17, 15) is 4.79 Å². The molecule has 0 aromatic carbocycles. The highest BCUT2D eigenvalue weighted by molar-refractivity contribution is 5.41. The number of aromatic nitrogens is 4. The van der Waals surface area contributed by atoms with Crippen molar-refractivity contribution in [2.24, 2.45) is 0 Å². The van der Waals surface area contributed by atoms with Gasteiger partial charge < -0.3 is 10.3 Å². The number of H-pyrrole nitrogens is 1. The first-order chi connectivity index (χ1) is 12.9. The Labute approximate surface area is 157 Å². The van der Waals surface area contributed by atoms with Gasteiger partial charge in [-0.1, -0.05) is 6.07 Å². The molecule has 0 unspecified atom stereocenters. The molecule has 0 radical (unpaired) electrons. The molecule has 0 fully saturated rings. The van der Waals surface area contributed by atoms with E-state index in [1.165, 1.54) is 11.3 Å². The first-order valence-electron chi connectivity index (χ1n) is 9.13. The second kappa shape index (κ2) is 6.66. The first-order valence-corrected chi connectivity index (χ1v) is 9.13. The molecule has 0 saturated heterocycles. The number of nitrogens with one attached hydrogen (secondary N) is 1. The van der Waals surface area contributed by atoms with E-state index in [1.807, 2.05) is 12.3 Å². The monoisotopic (exact) mass is 364 g/mol. The molecular weight excluding hydrogens is 340 g/mol. The van der Waals surface area contributed by atoms with E-state index in [2.05, 4.69) is 57.3 Å². The molecule has 1 aliphatic rings. The van der Waals surface area contributed by atoms with Gasteiger partial charge in [0.15, 0.2) is 0 Å². The molecule has 4 rings (SSSR count). The number of anilines is 1. The molecule has 0 atom stereocenters. The van der Waals surface area contributed by atoms with E-state index in [-0.39, 0.29) is 11.5 Å². The van der Waals surface area contributed by atoms with Crippen LogP contribution in [0.25, 0.3) is 5.82 Å². The molecule has 27 heavy (non-hydrogen) atoms. The zero-order valence-electron chi connectivity index (χ0n) is 15.9. The van der Waals surface area contributed by atoms with Gasteiger partial charge in [-0.15, -0.1) is 0 Å². The van der Waals surface area contributed by atoms with Crippen molar-refractivity contribution in [2.45, 2.75) is 40.3 Å². The maximum Gasteiger partial charge on any atom is 0.257 e. The molecule has 3 aromatic heterocycles. The van der Waals surface area contributed by atoms with Crippen LogP contribution in [0.15, 0.2) is 29.2 Å². The van der Waals surface area contributed by atoms with Crippen molar-refractivity contribution >= 4 is 5.95 Å². The summed E-state index contributed by atoms with van der Waals surface area (Å²) in [5, 5.41) is 0. The fourth-order valence-corrected chi connectivity index (χ4v) is 3.90. The number of aryl methyl sites for hydroxylation is 2. The minimum atomic E-state index is -0.128. The highest BCUT2D eigenvalue weighted by Gasteiger charge is 2.22. The van der Waals surface area contributed by atoms with Crippen LogP contribution >= 0.6 is 0 Å². The summed E-state index contributed by atoms with van der Waals surface area (Å²) in [7, 11) is 0. The van der Waals surface area contributed by atoms with Crippen LogP contribution in [-0.4, -0.2) is 31.0 Å². The number of pyridine rings is 1. The van der Waals surface area contributed by atoms with Gasteiger partial charge in [0.25, 0.3) is 5.56 Å². The number of hydrogen-bond donors (Lipinski definition) is 2. The Balaban J connectivity index is 1.62. The van der Waals surface area contributed by atoms with Gasteiger partial charge in [-0.3, -0.25) is 14.7 Å². The Morgan fingerprint density at radius 3 is 2.89 bits per heavy atom. The summed E-state index contributed by atoms with van der Waals surface area (Å²) in [5.74, 6) is 1.17. The lowest BCUT2D eigenvalue weighted by molar-refractivity contribution is 0.241. The Hall–Kier alpha value is -2.93. The summed E-state index contributed by atoms with van der Waals surface area (Å²) in [5.41, 5.74) is 11.8. The molecule has 0 saturated carbocycles. The van der Waals surface area contributed by atoms with Gasteiger partial charge >= 0.3 is 0 Å². The fraction of sp³-hybridized carbons (Fsp3) is 0.350. The maximum atomic E-state index is 12.2. The summed E-state index contributed by atoms with van der Waals surface area (Å²) in [4.78, 5) is 26.0. The van der Waals surface area contributed by atoms with Crippen LogP contribution in [-0.2, 0) is 19.5 Å². The highest BCUT2D eigenvalue weighted by Crippen LogP contribution is 2.24. The van der Waals surface area contributed by atoms with Crippen LogP contribution in [0.3, 0.4) is 0 Å². The lowest BCUT2D eigenvalue weighted by Gasteiger charge is -2.27. The predicted octanol–water partition coefficient (Wildman–Crippen LogP) is 2.02. The Morgan fingerprint density at radius 2 is 2.11 bits per heavy atom. The molecule has 0 aliphatic carbocycles. The van der Waals surface area contributed by atoms with E-state index in [4.69, 9.17) is 5.73 Å². The standard InChI is InChI=1S/C20H24N6O/c1-12-5-4-7-22-18(12)26-13(2)9-15(14(26)3)10-25-8-6-17-16(11-25)19(27)24-20(21)23-17/h4-5,7,9H,6,8,10-11H2,1-3H3,(H3,21,23,24,27). The van der Waals surface area contributed by atoms with Gasteiger partial charge in [0.1, 0.15) is 5.82 Å². The Kier molecular flexibility index (Phi) is 4.31. The van der Waals surface area contributed by atoms with Gasteiger partial charge in [0, 0.05) is 43.6 Å². The average molecular weight is 364 g/mol. The van der Waals surface area contributed by atoms with Crippen molar-refractivity contribution in [2.75, 3.05) is 12.3 Å². The van der Waals surface area contributed by atoms with E-state index in [1.54, 1.807) is 0 Å². The molecule has 3 aromatic rings. The normalized spacial score (nSPS) is 14.3. The number of nitrogen functional groups attached to an aromatic ring is 1. The SMILES string of the molecule is Cc1cccnc1-n1c(C)cc(CN2CCc3nc(N)[nH]c(=O)c3C2)c1C. The number of aromatic amines is 1. The molecule has 3 N–H and O–H groups in total. The molecule has 0 spiro atoms. The minimum Gasteiger partial charge on any atom is -0.369 e. The predicted molar refractivity (Wildman–Crippen MR) is 105 cm³/mol. The molecule has 0 bridgehead atoms. The molecule has 7 nitrogen and oxygen atoms in total. The summed E-state index contributed by atoms with van der Waals surface area (Å²) >= 11 is 0. The largest absolute Gasteiger partial charge is 0.369 e. The molecule has 7 heteroatoms. The third-order valence-corrected chi connectivity index (χ3v) is 5.29. The van der Waals surface area contributed by atoms with Gasteiger partial charge in [-0.25, -0.2) is 9.97 Å². The van der Waals surface area contributed by atoms with Crippen LogP contribution in [0.2, 0.25) is 0 Å². The summed E-state index contributed by atoms with van der Waals surface area (Å²) in [6.07, 6.45) is 2.56. The second-order valence-corrected chi connectivity index (χ2v) is 7.21. The third kappa shape index (κ3) is 3.14. The topological polar surface area (TPSA) is 92.8 Å². The number of nitrogens with zero attached hydrogens (tertiary/aromatic N) is 4. The first kappa shape index (κ1) is 17.5. The summed E-state index contributed by atoms with van der Waals surface area (Å²) in [6.45, 7) is 8.54. The smallest absolute Gasteiger partial charge is 0.257 e. The van der Waals surface area contributed by atoms with Crippen LogP contribution in [0.5, 0.6) is 0 Å². The molecule has 4 heterocycles. The third-order valence-electron chi connectivity index (χ3n) is 5.29. The quantitative estimate of drug-likeness (QED) is 0.742. The minimum absolute atomic E-state index is 0.128. The van der Waals surface area contributed by atoms with E-state index in [0.717, 1.165) is 47.8 Å². The van der Waals surface area contributed by atoms with Crippen LogP contribution < -0.4 is 11.3 Å². The number of nitrogens with two attached hydrogens (primary N) is 1. The Bertz CT molecular complexity index is 1060. The van der Waals surface area contributed by atoms with Crippen molar-refractivity contribution in [3.63, 3.8) is 0 Å². The number of rotatable bonds is 3. The van der Waals surface area contributed by atoms with Crippen molar-refractivity contribution < 1.29 is 0 Å². The zero-order valence-corrected chi connectivity index (χ0v) is 15.9. The lowest BCUT2D eigenvalue weighted by Crippen LogP contribution is -2.35. The molecule has 0 amide bonds. The van der Waals surface area contributed by atoms with E-state index >= 15 is 0 Å². The highest BCUT2D eigenvalue weighted by atomic mass is 16.1. The van der Waals surface area contributed by atoms with Gasteiger partial charge in [0.05, 0.1) is 11.3 Å². The van der Waals surface area contributed by atoms with Crippen LogP contribution in [0.1, 0.15) is 33.8 Å². The molecular formula is C20H24N6O. The number of hydrogen-bond acceptors (Lipinski definition) is 5. The summed E-state index contributed by atoms with van der Waals surface area (Å²) in [6, 6.07) is 6.25. The zero-order chi connectivity index (χ0) is 19.1. The lowest BCUT2D eigenvalue weighted by atomic mass is 10.1. The number of fused-ring (bicyclic) bond motifs is 1. The molecule has 1 aliphatic heterocycles. The Morgan fingerprint density at radius 1 is 1.30 bits per heavy atom. The van der Waals surface area contributed by atoms with Crippen LogP contribution in [0.4, 0.5) is 5.95 Å². The van der Waals surface area contributed by atoms with Crippen molar-refractivity contribution in [3.05, 3.63) is 68.5 Å². The van der Waals surface area contributed by atoms with Crippen LogP contribution in [0, 0.1) is 20.8 Å².